The molecule has 180 valence electrons. The number of rotatable bonds is 9. The standard InChI is InChI=1S/C25H30N4O5/c1-3-33-22-14-20(10-11-21(22)34-17-23(30)29-12-4-5-13-29)16-27-28-25(32)24(31)26-15-19-8-6-18(2)7-9-19/h6-11,14,16H,3-5,12-13,15,17H2,1-2H3,(H,26,31)(H,28,32)/b27-16-. The second-order valence-electron chi connectivity index (χ2n) is 7.88. The van der Waals surface area contributed by atoms with E-state index in [9.17, 15) is 14.4 Å². The molecular weight excluding hydrogens is 436 g/mol. The number of ether oxygens (including phenoxy) is 2. The number of likely N-dealkylation sites (tertiary alicyclic amines) is 1. The molecule has 34 heavy (non-hydrogen) atoms. The van der Waals surface area contributed by atoms with Crippen LogP contribution in [0.15, 0.2) is 47.6 Å². The summed E-state index contributed by atoms with van der Waals surface area (Å²) in [4.78, 5) is 38.0. The highest BCUT2D eigenvalue weighted by molar-refractivity contribution is 6.35. The number of aryl methyl sites for hydroxylation is 1. The largest absolute Gasteiger partial charge is 0.490 e. The van der Waals surface area contributed by atoms with Crippen LogP contribution in [-0.4, -0.2) is 55.1 Å². The first-order valence-corrected chi connectivity index (χ1v) is 11.3. The van der Waals surface area contributed by atoms with Gasteiger partial charge in [0.05, 0.1) is 12.8 Å². The van der Waals surface area contributed by atoms with Crippen molar-refractivity contribution in [2.24, 2.45) is 5.10 Å². The predicted molar refractivity (Wildman–Crippen MR) is 128 cm³/mol. The number of carbonyl (C=O) groups is 3. The second kappa shape index (κ2) is 12.4. The van der Waals surface area contributed by atoms with E-state index < -0.39 is 11.8 Å². The van der Waals surface area contributed by atoms with Gasteiger partial charge in [-0.25, -0.2) is 5.43 Å². The molecule has 1 fully saturated rings. The molecule has 0 spiro atoms. The number of hydrogen-bond donors (Lipinski definition) is 2. The summed E-state index contributed by atoms with van der Waals surface area (Å²) in [6.45, 7) is 5.96. The second-order valence-corrected chi connectivity index (χ2v) is 7.88. The fourth-order valence-electron chi connectivity index (χ4n) is 3.37. The monoisotopic (exact) mass is 466 g/mol. The summed E-state index contributed by atoms with van der Waals surface area (Å²) in [7, 11) is 0. The van der Waals surface area contributed by atoms with Gasteiger partial charge in [0, 0.05) is 19.6 Å². The van der Waals surface area contributed by atoms with Crippen molar-refractivity contribution < 1.29 is 23.9 Å². The Kier molecular flexibility index (Phi) is 9.02. The van der Waals surface area contributed by atoms with Crippen molar-refractivity contribution in [3.05, 3.63) is 59.2 Å². The lowest BCUT2D eigenvalue weighted by Crippen LogP contribution is -2.37. The van der Waals surface area contributed by atoms with Gasteiger partial charge in [-0.05, 0) is 56.0 Å². The number of carbonyl (C=O) groups excluding carboxylic acids is 3. The van der Waals surface area contributed by atoms with E-state index in [-0.39, 0.29) is 19.1 Å². The molecule has 0 aromatic heterocycles. The number of benzene rings is 2. The fourth-order valence-corrected chi connectivity index (χ4v) is 3.37. The van der Waals surface area contributed by atoms with Crippen LogP contribution in [0.2, 0.25) is 0 Å². The zero-order valence-corrected chi connectivity index (χ0v) is 19.5. The number of nitrogens with zero attached hydrogens (tertiary/aromatic N) is 2. The van der Waals surface area contributed by atoms with Crippen LogP contribution in [0.4, 0.5) is 0 Å². The molecule has 2 aromatic rings. The van der Waals surface area contributed by atoms with Gasteiger partial charge in [-0.15, -0.1) is 0 Å². The Morgan fingerprint density at radius 3 is 2.44 bits per heavy atom. The van der Waals surface area contributed by atoms with Crippen LogP contribution < -0.4 is 20.2 Å². The molecule has 0 radical (unpaired) electrons. The molecule has 0 unspecified atom stereocenters. The van der Waals surface area contributed by atoms with Gasteiger partial charge < -0.3 is 19.7 Å². The summed E-state index contributed by atoms with van der Waals surface area (Å²) in [6.07, 6.45) is 3.44. The Hall–Kier alpha value is -3.88. The quantitative estimate of drug-likeness (QED) is 0.334. The number of hydrazone groups is 1. The van der Waals surface area contributed by atoms with E-state index in [4.69, 9.17) is 9.47 Å². The summed E-state index contributed by atoms with van der Waals surface area (Å²) < 4.78 is 11.3. The fraction of sp³-hybridized carbons (Fsp3) is 0.360. The highest BCUT2D eigenvalue weighted by Crippen LogP contribution is 2.28. The summed E-state index contributed by atoms with van der Waals surface area (Å²) in [5, 5.41) is 6.40. The van der Waals surface area contributed by atoms with Gasteiger partial charge in [0.15, 0.2) is 18.1 Å². The minimum absolute atomic E-state index is 0.0473. The molecule has 9 heteroatoms. The zero-order valence-electron chi connectivity index (χ0n) is 19.5. The smallest absolute Gasteiger partial charge is 0.329 e. The minimum atomic E-state index is -0.867. The van der Waals surface area contributed by atoms with Crippen molar-refractivity contribution in [3.63, 3.8) is 0 Å². The summed E-state index contributed by atoms with van der Waals surface area (Å²) in [6, 6.07) is 12.7. The molecule has 2 aromatic carbocycles. The molecule has 1 saturated heterocycles. The molecule has 1 aliphatic heterocycles. The van der Waals surface area contributed by atoms with Crippen LogP contribution in [0, 0.1) is 6.92 Å². The van der Waals surface area contributed by atoms with Gasteiger partial charge in [0.2, 0.25) is 0 Å². The molecular formula is C25H30N4O5. The maximum Gasteiger partial charge on any atom is 0.329 e. The van der Waals surface area contributed by atoms with Gasteiger partial charge in [-0.2, -0.15) is 5.10 Å². The number of nitrogens with one attached hydrogen (secondary N) is 2. The minimum Gasteiger partial charge on any atom is -0.490 e. The van der Waals surface area contributed by atoms with Crippen molar-refractivity contribution in [3.8, 4) is 11.5 Å². The maximum atomic E-state index is 12.2. The van der Waals surface area contributed by atoms with Crippen LogP contribution in [0.1, 0.15) is 36.5 Å². The summed E-state index contributed by atoms with van der Waals surface area (Å²) in [5.41, 5.74) is 4.84. The average Bonchev–Trinajstić information content (AvgIpc) is 3.38. The molecule has 2 N–H and O–H groups in total. The Balaban J connectivity index is 1.51. The SMILES string of the molecule is CCOc1cc(/C=N\NC(=O)C(=O)NCc2ccc(C)cc2)ccc1OCC(=O)N1CCCC1. The Labute approximate surface area is 199 Å². The topological polar surface area (TPSA) is 109 Å². The van der Waals surface area contributed by atoms with Crippen LogP contribution in [0.3, 0.4) is 0 Å². The van der Waals surface area contributed by atoms with Gasteiger partial charge in [-0.1, -0.05) is 29.8 Å². The van der Waals surface area contributed by atoms with Crippen LogP contribution in [0.25, 0.3) is 0 Å². The third-order valence-electron chi connectivity index (χ3n) is 5.24. The van der Waals surface area contributed by atoms with E-state index in [0.717, 1.165) is 37.1 Å². The first-order valence-electron chi connectivity index (χ1n) is 11.3. The van der Waals surface area contributed by atoms with Gasteiger partial charge in [-0.3, -0.25) is 14.4 Å². The van der Waals surface area contributed by atoms with E-state index >= 15 is 0 Å². The summed E-state index contributed by atoms with van der Waals surface area (Å²) in [5.74, 6) is -0.782. The van der Waals surface area contributed by atoms with E-state index in [0.29, 0.717) is 23.7 Å². The average molecular weight is 467 g/mol. The molecule has 9 nitrogen and oxygen atoms in total. The lowest BCUT2D eigenvalue weighted by molar-refractivity contribution is -0.139. The Morgan fingerprint density at radius 2 is 1.74 bits per heavy atom. The molecule has 0 atom stereocenters. The highest BCUT2D eigenvalue weighted by Gasteiger charge is 2.19. The lowest BCUT2D eigenvalue weighted by Gasteiger charge is -2.17. The van der Waals surface area contributed by atoms with Crippen LogP contribution in [-0.2, 0) is 20.9 Å². The van der Waals surface area contributed by atoms with Gasteiger partial charge >= 0.3 is 11.8 Å². The van der Waals surface area contributed by atoms with Crippen molar-refractivity contribution in [2.45, 2.75) is 33.2 Å². The molecule has 0 bridgehead atoms. The molecule has 1 heterocycles. The highest BCUT2D eigenvalue weighted by atomic mass is 16.5. The van der Waals surface area contributed by atoms with Crippen molar-refractivity contribution >= 4 is 23.9 Å². The van der Waals surface area contributed by atoms with Crippen LogP contribution >= 0.6 is 0 Å². The van der Waals surface area contributed by atoms with Crippen molar-refractivity contribution in [1.29, 1.82) is 0 Å². The van der Waals surface area contributed by atoms with Gasteiger partial charge in [0.25, 0.3) is 5.91 Å². The third-order valence-corrected chi connectivity index (χ3v) is 5.24. The maximum absolute atomic E-state index is 12.2. The van der Waals surface area contributed by atoms with E-state index in [1.54, 1.807) is 23.1 Å². The van der Waals surface area contributed by atoms with Gasteiger partial charge in [0.1, 0.15) is 0 Å². The Morgan fingerprint density at radius 1 is 1.00 bits per heavy atom. The molecule has 0 saturated carbocycles. The number of amides is 3. The van der Waals surface area contributed by atoms with E-state index in [1.807, 2.05) is 38.1 Å². The number of hydrogen-bond acceptors (Lipinski definition) is 6. The molecule has 3 rings (SSSR count). The predicted octanol–water partition coefficient (Wildman–Crippen LogP) is 2.16. The van der Waals surface area contributed by atoms with Crippen molar-refractivity contribution in [1.82, 2.24) is 15.6 Å². The van der Waals surface area contributed by atoms with E-state index in [2.05, 4.69) is 15.8 Å². The van der Waals surface area contributed by atoms with E-state index in [1.165, 1.54) is 6.21 Å². The lowest BCUT2D eigenvalue weighted by atomic mass is 10.1. The van der Waals surface area contributed by atoms with Crippen molar-refractivity contribution in [2.75, 3.05) is 26.3 Å². The third kappa shape index (κ3) is 7.33. The zero-order chi connectivity index (χ0) is 24.3. The summed E-state index contributed by atoms with van der Waals surface area (Å²) >= 11 is 0. The molecule has 0 aliphatic carbocycles. The first-order chi connectivity index (χ1) is 16.5. The Bertz CT molecular complexity index is 1030. The molecule has 3 amide bonds. The van der Waals surface area contributed by atoms with Crippen LogP contribution in [0.5, 0.6) is 11.5 Å². The normalized spacial score (nSPS) is 13.1. The first kappa shape index (κ1) is 24.8. The molecule has 1 aliphatic rings.